The summed E-state index contributed by atoms with van der Waals surface area (Å²) in [5.41, 5.74) is 4.09. The number of benzene rings is 11. The molecule has 0 spiro atoms. The number of anilines is 3. The molecule has 64 heavy (non-hydrogen) atoms. The molecule has 0 saturated heterocycles. The zero-order valence-corrected chi connectivity index (χ0v) is 35.0. The van der Waals surface area contributed by atoms with E-state index < -0.39 is 95.0 Å². The summed E-state index contributed by atoms with van der Waals surface area (Å²) in [5, 5.41) is 5.73. The van der Waals surface area contributed by atoms with Crippen molar-refractivity contribution in [3.63, 3.8) is 0 Å². The highest BCUT2D eigenvalue weighted by Crippen LogP contribution is 2.52. The summed E-state index contributed by atoms with van der Waals surface area (Å²) in [7, 11) is 0. The van der Waals surface area contributed by atoms with Gasteiger partial charge >= 0.3 is 0 Å². The first kappa shape index (κ1) is 27.1. The summed E-state index contributed by atoms with van der Waals surface area (Å²) in [6.07, 6.45) is 0. The van der Waals surface area contributed by atoms with Gasteiger partial charge in [0, 0.05) is 22.5 Å². The molecule has 0 aliphatic heterocycles. The van der Waals surface area contributed by atoms with Gasteiger partial charge in [-0.25, -0.2) is 0 Å². The monoisotopic (exact) mass is 827 g/mol. The average Bonchev–Trinajstić information content (AvgIpc) is 3.73. The van der Waals surface area contributed by atoms with Crippen molar-refractivity contribution in [3.8, 4) is 55.6 Å². The second-order valence-electron chi connectivity index (χ2n) is 16.7. The molecule has 1 nitrogen and oxygen atoms in total. The van der Waals surface area contributed by atoms with Crippen molar-refractivity contribution in [2.75, 3.05) is 4.90 Å². The quantitative estimate of drug-likeness (QED) is 0.145. The van der Waals surface area contributed by atoms with Crippen LogP contribution < -0.4 is 4.90 Å². The standard InChI is InChI=1S/C63H45N/c1-63(2)61-23-8-7-19-59(61)60-22-11-21-58(62(60)63)46-30-37-53(38-31-46)64(52-35-28-43(29-36-52)48-32-39-57-50(41-48)25-24-45-13-4-6-18-55(45)57)51-33-26-42(27-34-51)47-15-9-16-49(40-47)56-20-10-14-44-12-3-5-17-54(44)56/h3-41H,1-2H3/i26D,27D,28D,29D,30D,31D,33D,34D,35D,36D,37D,38D. The summed E-state index contributed by atoms with van der Waals surface area (Å²) in [6.45, 7) is 4.09. The van der Waals surface area contributed by atoms with Crippen LogP contribution in [0.2, 0.25) is 0 Å². The zero-order valence-electron chi connectivity index (χ0n) is 47.0. The third-order valence-electron chi connectivity index (χ3n) is 12.6. The van der Waals surface area contributed by atoms with Crippen LogP contribution in [0, 0.1) is 0 Å². The lowest BCUT2D eigenvalue weighted by atomic mass is 9.79. The summed E-state index contributed by atoms with van der Waals surface area (Å²) in [5.74, 6) is 0. The second kappa shape index (κ2) is 15.1. The van der Waals surface area contributed by atoms with E-state index in [2.05, 4.69) is 0 Å². The predicted molar refractivity (Wildman–Crippen MR) is 273 cm³/mol. The van der Waals surface area contributed by atoms with E-state index in [-0.39, 0.29) is 16.7 Å². The van der Waals surface area contributed by atoms with Crippen LogP contribution in [0.3, 0.4) is 0 Å². The first-order valence-electron chi connectivity index (χ1n) is 27.4. The van der Waals surface area contributed by atoms with Crippen LogP contribution >= 0.6 is 0 Å². The van der Waals surface area contributed by atoms with Crippen molar-refractivity contribution in [3.05, 3.63) is 247 Å². The first-order chi connectivity index (χ1) is 36.5. The van der Waals surface area contributed by atoms with Crippen molar-refractivity contribution >= 4 is 49.4 Å². The highest BCUT2D eigenvalue weighted by molar-refractivity contribution is 6.08. The Labute approximate surface area is 392 Å². The minimum Gasteiger partial charge on any atom is -0.311 e. The molecule has 0 amide bonds. The second-order valence-corrected chi connectivity index (χ2v) is 16.7. The molecule has 11 aromatic rings. The highest BCUT2D eigenvalue weighted by atomic mass is 15.1. The molecule has 1 aliphatic carbocycles. The van der Waals surface area contributed by atoms with Crippen LogP contribution in [0.1, 0.15) is 41.4 Å². The topological polar surface area (TPSA) is 3.24 Å². The lowest BCUT2D eigenvalue weighted by molar-refractivity contribution is 0.662. The smallest absolute Gasteiger partial charge is 0.0645 e. The maximum atomic E-state index is 9.86. The molecule has 0 saturated carbocycles. The molecule has 302 valence electrons. The Morgan fingerprint density at radius 1 is 0.328 bits per heavy atom. The molecule has 1 aliphatic rings. The van der Waals surface area contributed by atoms with Gasteiger partial charge in [0.2, 0.25) is 0 Å². The predicted octanol–water partition coefficient (Wildman–Crippen LogP) is 17.6. The van der Waals surface area contributed by atoms with Gasteiger partial charge in [0.15, 0.2) is 0 Å². The van der Waals surface area contributed by atoms with Crippen molar-refractivity contribution in [1.29, 1.82) is 0 Å². The van der Waals surface area contributed by atoms with E-state index in [1.54, 1.807) is 36.4 Å². The maximum absolute atomic E-state index is 9.86. The summed E-state index contributed by atoms with van der Waals surface area (Å²) in [6, 6.07) is 44.6. The Morgan fingerprint density at radius 2 is 0.812 bits per heavy atom. The molecule has 0 atom stereocenters. The third kappa shape index (κ3) is 6.31. The molecule has 1 heteroatoms. The van der Waals surface area contributed by atoms with Crippen molar-refractivity contribution in [2.24, 2.45) is 0 Å². The molecule has 0 radical (unpaired) electrons. The van der Waals surface area contributed by atoms with Crippen LogP contribution in [0.4, 0.5) is 17.1 Å². The van der Waals surface area contributed by atoms with E-state index in [0.29, 0.717) is 16.7 Å². The summed E-state index contributed by atoms with van der Waals surface area (Å²) >= 11 is 0. The molecule has 0 aromatic heterocycles. The molecule has 0 unspecified atom stereocenters. The van der Waals surface area contributed by atoms with E-state index >= 15 is 0 Å². The molecule has 0 bridgehead atoms. The molecule has 0 fully saturated rings. The molecule has 11 aromatic carbocycles. The minimum absolute atomic E-state index is 0.0172. The van der Waals surface area contributed by atoms with E-state index in [0.717, 1.165) is 70.6 Å². The highest BCUT2D eigenvalue weighted by Gasteiger charge is 2.37. The van der Waals surface area contributed by atoms with Gasteiger partial charge in [-0.2, -0.15) is 0 Å². The normalized spacial score (nSPS) is 15.3. The van der Waals surface area contributed by atoms with Gasteiger partial charge in [-0.1, -0.05) is 202 Å². The fourth-order valence-corrected chi connectivity index (χ4v) is 9.56. The van der Waals surface area contributed by atoms with Gasteiger partial charge in [0.1, 0.15) is 0 Å². The van der Waals surface area contributed by atoms with Crippen molar-refractivity contribution in [2.45, 2.75) is 19.3 Å². The molecule has 12 rings (SSSR count). The van der Waals surface area contributed by atoms with E-state index in [9.17, 15) is 16.4 Å². The fourth-order valence-electron chi connectivity index (χ4n) is 9.56. The fraction of sp³-hybridized carbons (Fsp3) is 0.0476. The Bertz CT molecular complexity index is 4220. The minimum atomic E-state index is -0.671. The van der Waals surface area contributed by atoms with Gasteiger partial charge < -0.3 is 4.90 Å². The molecular formula is C63H45N. The van der Waals surface area contributed by atoms with Crippen molar-refractivity contribution in [1.82, 2.24) is 0 Å². The SMILES string of the molecule is [2H]c1c([2H])c(N(c2c([2H])c([2H])c(-c3ccc4c(ccc5ccccc54)c3)c([2H])c2[2H])c2c([2H])c([2H])c(-c3cccc4c3C(C)(C)c3ccccc3-4)c([2H])c2[2H])c([2H])c([2H])c1-c1cccc(-c2cccc3ccccc23)c1. The summed E-state index contributed by atoms with van der Waals surface area (Å²) < 4.78 is 117. The Balaban J connectivity index is 1.10. The number of hydrogen-bond donors (Lipinski definition) is 0. The number of nitrogens with zero attached hydrogens (tertiary/aromatic N) is 1. The summed E-state index contributed by atoms with van der Waals surface area (Å²) in [4.78, 5) is 0.883. The van der Waals surface area contributed by atoms with E-state index in [1.807, 2.05) is 141 Å². The third-order valence-corrected chi connectivity index (χ3v) is 12.6. The zero-order chi connectivity index (χ0) is 53.2. The lowest BCUT2D eigenvalue weighted by Gasteiger charge is -2.27. The van der Waals surface area contributed by atoms with Gasteiger partial charge in [-0.15, -0.1) is 0 Å². The Hall–Kier alpha value is -8.00. The van der Waals surface area contributed by atoms with Crippen LogP contribution in [-0.4, -0.2) is 0 Å². The largest absolute Gasteiger partial charge is 0.311 e. The lowest BCUT2D eigenvalue weighted by Crippen LogP contribution is -2.16. The molecular weight excluding hydrogens is 771 g/mol. The maximum Gasteiger partial charge on any atom is 0.0645 e. The molecule has 0 N–H and O–H groups in total. The van der Waals surface area contributed by atoms with Gasteiger partial charge in [-0.05, 0) is 147 Å². The van der Waals surface area contributed by atoms with Gasteiger partial charge in [-0.3, -0.25) is 0 Å². The van der Waals surface area contributed by atoms with Crippen LogP contribution in [0.25, 0.3) is 88.0 Å². The van der Waals surface area contributed by atoms with Crippen LogP contribution in [-0.2, 0) is 5.41 Å². The number of fused-ring (bicyclic) bond motifs is 7. The van der Waals surface area contributed by atoms with E-state index in [1.165, 1.54) is 0 Å². The van der Waals surface area contributed by atoms with Gasteiger partial charge in [0.25, 0.3) is 0 Å². The van der Waals surface area contributed by atoms with Crippen LogP contribution in [0.5, 0.6) is 0 Å². The van der Waals surface area contributed by atoms with Gasteiger partial charge in [0.05, 0.1) is 16.4 Å². The van der Waals surface area contributed by atoms with Crippen molar-refractivity contribution < 1.29 is 16.4 Å². The first-order valence-corrected chi connectivity index (χ1v) is 21.4. The average molecular weight is 828 g/mol. The number of rotatable bonds is 7. The molecule has 0 heterocycles. The van der Waals surface area contributed by atoms with E-state index in [4.69, 9.17) is 0 Å². The Kier molecular flexibility index (Phi) is 6.41. The Morgan fingerprint density at radius 3 is 1.55 bits per heavy atom. The van der Waals surface area contributed by atoms with Crippen LogP contribution in [0.15, 0.2) is 236 Å². The number of hydrogen-bond acceptors (Lipinski definition) is 1.